The van der Waals surface area contributed by atoms with Gasteiger partial charge in [0, 0.05) is 5.39 Å². The minimum atomic E-state index is 0.317. The third-order valence-corrected chi connectivity index (χ3v) is 2.50. The van der Waals surface area contributed by atoms with E-state index in [0.717, 1.165) is 11.2 Å². The molecule has 0 saturated carbocycles. The molecule has 2 rings (SSSR count). The predicted molar refractivity (Wildman–Crippen MR) is 59.1 cm³/mol. The summed E-state index contributed by atoms with van der Waals surface area (Å²) < 4.78 is 0. The molecule has 1 atom stereocenters. The van der Waals surface area contributed by atoms with Crippen LogP contribution in [0.2, 0.25) is 0 Å². The van der Waals surface area contributed by atoms with Crippen molar-refractivity contribution in [1.29, 1.82) is 0 Å². The van der Waals surface area contributed by atoms with Gasteiger partial charge in [-0.25, -0.2) is 0 Å². The van der Waals surface area contributed by atoms with Crippen molar-refractivity contribution in [3.63, 3.8) is 0 Å². The first kappa shape index (κ1) is 8.70. The first-order valence-electron chi connectivity index (χ1n) is 4.27. The van der Waals surface area contributed by atoms with Crippen LogP contribution in [0.4, 0.5) is 0 Å². The fourth-order valence-corrected chi connectivity index (χ4v) is 1.56. The van der Waals surface area contributed by atoms with Gasteiger partial charge in [-0.05, 0) is 19.1 Å². The second kappa shape index (κ2) is 3.46. The number of para-hydroxylation sites is 1. The van der Waals surface area contributed by atoms with E-state index in [-0.39, 0.29) is 0 Å². The predicted octanol–water partition coefficient (Wildman–Crippen LogP) is 3.69. The Morgan fingerprint density at radius 3 is 2.69 bits per heavy atom. The van der Waals surface area contributed by atoms with Gasteiger partial charge < -0.3 is 0 Å². The molecule has 1 nitrogen and oxygen atoms in total. The number of nitrogens with zero attached hydrogens (tertiary/aromatic N) is 1. The Labute approximate surface area is 85.9 Å². The van der Waals surface area contributed by atoms with Crippen LogP contribution < -0.4 is 0 Å². The topological polar surface area (TPSA) is 12.9 Å². The summed E-state index contributed by atoms with van der Waals surface area (Å²) in [6.07, 6.45) is 0. The Morgan fingerprint density at radius 1 is 1.15 bits per heavy atom. The van der Waals surface area contributed by atoms with E-state index in [0.29, 0.717) is 4.83 Å². The van der Waals surface area contributed by atoms with Gasteiger partial charge in [-0.2, -0.15) is 0 Å². The van der Waals surface area contributed by atoms with Gasteiger partial charge in [-0.3, -0.25) is 4.98 Å². The lowest BCUT2D eigenvalue weighted by molar-refractivity contribution is 1.04. The third kappa shape index (κ3) is 1.73. The van der Waals surface area contributed by atoms with Crippen molar-refractivity contribution in [2.45, 2.75) is 11.8 Å². The third-order valence-electron chi connectivity index (χ3n) is 2.03. The monoisotopic (exact) mass is 235 g/mol. The minimum absolute atomic E-state index is 0.317. The molecule has 1 heterocycles. The first-order valence-corrected chi connectivity index (χ1v) is 5.19. The summed E-state index contributed by atoms with van der Waals surface area (Å²) in [7, 11) is 0. The van der Waals surface area contributed by atoms with E-state index in [1.165, 1.54) is 5.39 Å². The molecular weight excluding hydrogens is 226 g/mol. The smallest absolute Gasteiger partial charge is 0.0705 e. The number of rotatable bonds is 1. The van der Waals surface area contributed by atoms with Gasteiger partial charge in [0.05, 0.1) is 16.0 Å². The van der Waals surface area contributed by atoms with Crippen LogP contribution in [0, 0.1) is 0 Å². The lowest BCUT2D eigenvalue weighted by atomic mass is 10.2. The first-order chi connectivity index (χ1) is 6.27. The molecule has 1 unspecified atom stereocenters. The van der Waals surface area contributed by atoms with Crippen molar-refractivity contribution in [3.05, 3.63) is 42.1 Å². The molecule has 2 aromatic rings. The molecule has 1 aromatic carbocycles. The van der Waals surface area contributed by atoms with Crippen molar-refractivity contribution >= 4 is 26.8 Å². The number of pyridine rings is 1. The summed E-state index contributed by atoms with van der Waals surface area (Å²) in [4.78, 5) is 4.84. The Hall–Kier alpha value is -0.890. The number of hydrogen-bond acceptors (Lipinski definition) is 1. The molecule has 0 aliphatic heterocycles. The molecule has 0 saturated heterocycles. The number of hydrogen-bond donors (Lipinski definition) is 0. The van der Waals surface area contributed by atoms with Gasteiger partial charge in [0.15, 0.2) is 0 Å². The summed E-state index contributed by atoms with van der Waals surface area (Å²) >= 11 is 3.51. The van der Waals surface area contributed by atoms with Crippen molar-refractivity contribution in [2.75, 3.05) is 0 Å². The second-order valence-electron chi connectivity index (χ2n) is 3.04. The van der Waals surface area contributed by atoms with E-state index in [2.05, 4.69) is 46.0 Å². The van der Waals surface area contributed by atoms with Crippen LogP contribution in [-0.2, 0) is 0 Å². The molecule has 0 spiro atoms. The van der Waals surface area contributed by atoms with Gasteiger partial charge >= 0.3 is 0 Å². The van der Waals surface area contributed by atoms with Crippen LogP contribution in [0.3, 0.4) is 0 Å². The Morgan fingerprint density at radius 2 is 1.92 bits per heavy atom. The highest BCUT2D eigenvalue weighted by atomic mass is 79.9. The van der Waals surface area contributed by atoms with E-state index >= 15 is 0 Å². The zero-order chi connectivity index (χ0) is 9.26. The molecule has 0 radical (unpaired) electrons. The number of aromatic nitrogens is 1. The summed E-state index contributed by atoms with van der Waals surface area (Å²) in [6.45, 7) is 2.08. The minimum Gasteiger partial charge on any atom is -0.252 e. The van der Waals surface area contributed by atoms with Gasteiger partial charge in [-0.1, -0.05) is 40.2 Å². The zero-order valence-electron chi connectivity index (χ0n) is 7.37. The zero-order valence-corrected chi connectivity index (χ0v) is 8.95. The fraction of sp³-hybridized carbons (Fsp3) is 0.182. The summed E-state index contributed by atoms with van der Waals surface area (Å²) in [5, 5.41) is 1.19. The largest absolute Gasteiger partial charge is 0.252 e. The van der Waals surface area contributed by atoms with Crippen LogP contribution in [0.25, 0.3) is 10.9 Å². The molecule has 2 heteroatoms. The second-order valence-corrected chi connectivity index (χ2v) is 4.42. The normalized spacial score (nSPS) is 13.1. The lowest BCUT2D eigenvalue weighted by Crippen LogP contribution is -1.89. The molecule has 66 valence electrons. The molecule has 0 amide bonds. The highest BCUT2D eigenvalue weighted by molar-refractivity contribution is 9.09. The average Bonchev–Trinajstić information content (AvgIpc) is 2.17. The molecule has 13 heavy (non-hydrogen) atoms. The van der Waals surface area contributed by atoms with Gasteiger partial charge in [0.25, 0.3) is 0 Å². The highest BCUT2D eigenvalue weighted by Crippen LogP contribution is 2.21. The van der Waals surface area contributed by atoms with Crippen molar-refractivity contribution in [1.82, 2.24) is 4.98 Å². The molecule has 0 fully saturated rings. The average molecular weight is 236 g/mol. The summed E-state index contributed by atoms with van der Waals surface area (Å²) in [5.74, 6) is 0. The maximum absolute atomic E-state index is 4.53. The lowest BCUT2D eigenvalue weighted by Gasteiger charge is -2.03. The standard InChI is InChI=1S/C11H10BrN/c1-8(12)10-7-6-9-4-2-3-5-11(9)13-10/h2-8H,1H3. The van der Waals surface area contributed by atoms with Crippen molar-refractivity contribution in [3.8, 4) is 0 Å². The van der Waals surface area contributed by atoms with Gasteiger partial charge in [0.2, 0.25) is 0 Å². The Balaban J connectivity index is 2.62. The van der Waals surface area contributed by atoms with Crippen LogP contribution in [0.5, 0.6) is 0 Å². The van der Waals surface area contributed by atoms with Gasteiger partial charge in [-0.15, -0.1) is 0 Å². The Bertz CT molecular complexity index is 423. The van der Waals surface area contributed by atoms with E-state index in [1.54, 1.807) is 0 Å². The van der Waals surface area contributed by atoms with E-state index in [1.807, 2.05) is 18.2 Å². The van der Waals surface area contributed by atoms with Crippen molar-refractivity contribution < 1.29 is 0 Å². The maximum atomic E-state index is 4.53. The summed E-state index contributed by atoms with van der Waals surface area (Å²) in [5.41, 5.74) is 2.14. The van der Waals surface area contributed by atoms with Crippen molar-refractivity contribution in [2.24, 2.45) is 0 Å². The van der Waals surface area contributed by atoms with Crippen LogP contribution in [0.1, 0.15) is 17.4 Å². The van der Waals surface area contributed by atoms with Crippen LogP contribution >= 0.6 is 15.9 Å². The molecule has 0 aliphatic carbocycles. The van der Waals surface area contributed by atoms with Crippen LogP contribution in [-0.4, -0.2) is 4.98 Å². The molecular formula is C11H10BrN. The number of fused-ring (bicyclic) bond motifs is 1. The number of halogens is 1. The molecule has 0 aliphatic rings. The van der Waals surface area contributed by atoms with E-state index in [4.69, 9.17) is 0 Å². The van der Waals surface area contributed by atoms with E-state index in [9.17, 15) is 0 Å². The fourth-order valence-electron chi connectivity index (χ4n) is 1.30. The van der Waals surface area contributed by atoms with Gasteiger partial charge in [0.1, 0.15) is 0 Å². The summed E-state index contributed by atoms with van der Waals surface area (Å²) in [6, 6.07) is 12.3. The molecule has 0 bridgehead atoms. The molecule has 0 N–H and O–H groups in total. The van der Waals surface area contributed by atoms with Crippen LogP contribution in [0.15, 0.2) is 36.4 Å². The molecule has 1 aromatic heterocycles. The highest BCUT2D eigenvalue weighted by Gasteiger charge is 2.02. The Kier molecular flexibility index (Phi) is 2.32. The van der Waals surface area contributed by atoms with E-state index < -0.39 is 0 Å². The SMILES string of the molecule is CC(Br)c1ccc2ccccc2n1. The number of benzene rings is 1. The quantitative estimate of drug-likeness (QED) is 0.688. The number of alkyl halides is 1. The maximum Gasteiger partial charge on any atom is 0.0705 e.